The van der Waals surface area contributed by atoms with Crippen LogP contribution in [0.1, 0.15) is 12.5 Å². The van der Waals surface area contributed by atoms with Gasteiger partial charge in [-0.1, -0.05) is 28.1 Å². The molecule has 0 fully saturated rings. The van der Waals surface area contributed by atoms with Gasteiger partial charge in [0, 0.05) is 37.6 Å². The number of halogens is 1. The number of nitrogens with one attached hydrogen (secondary N) is 1. The number of likely N-dealkylation sites (N-methyl/N-ethyl adjacent to an activating group) is 1. The molecule has 0 bridgehead atoms. The quantitative estimate of drug-likeness (QED) is 0.755. The van der Waals surface area contributed by atoms with Crippen LogP contribution in [0.15, 0.2) is 28.7 Å². The Hall–Kier alpha value is -1.40. The third-order valence-corrected chi connectivity index (χ3v) is 3.71. The first-order valence-corrected chi connectivity index (χ1v) is 8.09. The van der Waals surface area contributed by atoms with Crippen molar-refractivity contribution < 1.29 is 9.59 Å². The summed E-state index contributed by atoms with van der Waals surface area (Å²) in [6, 6.07) is 7.68. The molecule has 0 spiro atoms. The van der Waals surface area contributed by atoms with Gasteiger partial charge in [-0.25, -0.2) is 0 Å². The van der Waals surface area contributed by atoms with E-state index in [1.807, 2.05) is 43.3 Å². The van der Waals surface area contributed by atoms with Gasteiger partial charge in [-0.2, -0.15) is 0 Å². The van der Waals surface area contributed by atoms with E-state index in [9.17, 15) is 9.59 Å². The summed E-state index contributed by atoms with van der Waals surface area (Å²) in [6.45, 7) is 4.04. The first-order chi connectivity index (χ1) is 10.4. The number of nitrogens with zero attached hydrogens (tertiary/aromatic N) is 2. The van der Waals surface area contributed by atoms with Crippen molar-refractivity contribution >= 4 is 27.7 Å². The normalized spacial score (nSPS) is 10.6. The van der Waals surface area contributed by atoms with Crippen molar-refractivity contribution in [2.24, 2.45) is 0 Å². The van der Waals surface area contributed by atoms with E-state index in [0.717, 1.165) is 16.6 Å². The van der Waals surface area contributed by atoms with Crippen LogP contribution in [0.2, 0.25) is 0 Å². The predicted octanol–water partition coefficient (Wildman–Crippen LogP) is 1.52. The highest BCUT2D eigenvalue weighted by molar-refractivity contribution is 9.10. The number of benzene rings is 1. The summed E-state index contributed by atoms with van der Waals surface area (Å²) in [5.41, 5.74) is 0.961. The van der Waals surface area contributed by atoms with E-state index < -0.39 is 0 Å². The number of hydrogen-bond acceptors (Lipinski definition) is 3. The third kappa shape index (κ3) is 7.56. The van der Waals surface area contributed by atoms with Crippen LogP contribution in [0.5, 0.6) is 0 Å². The summed E-state index contributed by atoms with van der Waals surface area (Å²) in [7, 11) is 3.94. The maximum Gasteiger partial charge on any atom is 0.224 e. The lowest BCUT2D eigenvalue weighted by atomic mass is 10.1. The summed E-state index contributed by atoms with van der Waals surface area (Å²) < 4.78 is 0.962. The van der Waals surface area contributed by atoms with Gasteiger partial charge in [0.1, 0.15) is 0 Å². The molecule has 2 amide bonds. The van der Waals surface area contributed by atoms with Crippen LogP contribution in [0.25, 0.3) is 0 Å². The summed E-state index contributed by atoms with van der Waals surface area (Å²) >= 11 is 3.39. The molecule has 0 aliphatic carbocycles. The molecule has 0 heterocycles. The fourth-order valence-electron chi connectivity index (χ4n) is 1.97. The van der Waals surface area contributed by atoms with Gasteiger partial charge >= 0.3 is 0 Å². The molecule has 0 aliphatic heterocycles. The van der Waals surface area contributed by atoms with Crippen molar-refractivity contribution in [3.8, 4) is 0 Å². The first-order valence-electron chi connectivity index (χ1n) is 7.30. The predicted molar refractivity (Wildman–Crippen MR) is 91.7 cm³/mol. The van der Waals surface area contributed by atoms with Gasteiger partial charge in [-0.15, -0.1) is 0 Å². The minimum atomic E-state index is -0.0331. The minimum Gasteiger partial charge on any atom is -0.354 e. The van der Waals surface area contributed by atoms with Gasteiger partial charge in [0.15, 0.2) is 0 Å². The maximum absolute atomic E-state index is 11.9. The van der Waals surface area contributed by atoms with Gasteiger partial charge in [0.2, 0.25) is 11.8 Å². The SMILES string of the molecule is CC(=O)N(CCNC(=O)Cc1cccc(Br)c1)CCN(C)C. The number of carbonyl (C=O) groups excluding carboxylic acids is 2. The average Bonchev–Trinajstić information content (AvgIpc) is 2.41. The molecule has 5 nitrogen and oxygen atoms in total. The monoisotopic (exact) mass is 369 g/mol. The van der Waals surface area contributed by atoms with Gasteiger partial charge in [-0.3, -0.25) is 9.59 Å². The Labute approximate surface area is 140 Å². The Balaban J connectivity index is 2.34. The van der Waals surface area contributed by atoms with Gasteiger partial charge in [0.05, 0.1) is 6.42 Å². The molecule has 1 aromatic carbocycles. The van der Waals surface area contributed by atoms with Crippen molar-refractivity contribution in [2.45, 2.75) is 13.3 Å². The van der Waals surface area contributed by atoms with Crippen molar-refractivity contribution in [3.05, 3.63) is 34.3 Å². The van der Waals surface area contributed by atoms with Crippen LogP contribution < -0.4 is 5.32 Å². The van der Waals surface area contributed by atoms with Crippen LogP contribution in [0, 0.1) is 0 Å². The Morgan fingerprint density at radius 1 is 1.18 bits per heavy atom. The zero-order valence-corrected chi connectivity index (χ0v) is 15.0. The molecule has 0 aromatic heterocycles. The Morgan fingerprint density at radius 3 is 2.50 bits per heavy atom. The van der Waals surface area contributed by atoms with Gasteiger partial charge in [0.25, 0.3) is 0 Å². The average molecular weight is 370 g/mol. The standard InChI is InChI=1S/C16H24BrN3O2/c1-13(21)20(10-9-19(2)3)8-7-18-16(22)12-14-5-4-6-15(17)11-14/h4-6,11H,7-10,12H2,1-3H3,(H,18,22). The molecule has 1 aromatic rings. The fourth-order valence-corrected chi connectivity index (χ4v) is 2.42. The van der Waals surface area contributed by atoms with Crippen molar-refractivity contribution in [2.75, 3.05) is 40.3 Å². The molecule has 0 unspecified atom stereocenters. The second kappa shape index (κ2) is 9.58. The summed E-state index contributed by atoms with van der Waals surface area (Å²) in [4.78, 5) is 27.2. The lowest BCUT2D eigenvalue weighted by Gasteiger charge is -2.23. The second-order valence-electron chi connectivity index (χ2n) is 5.47. The van der Waals surface area contributed by atoms with E-state index in [2.05, 4.69) is 21.2 Å². The van der Waals surface area contributed by atoms with E-state index in [4.69, 9.17) is 0 Å². The second-order valence-corrected chi connectivity index (χ2v) is 6.38. The Bertz CT molecular complexity index is 506. The summed E-state index contributed by atoms with van der Waals surface area (Å²) in [5, 5.41) is 2.86. The first kappa shape index (κ1) is 18.6. The molecule has 0 saturated carbocycles. The molecule has 122 valence electrons. The third-order valence-electron chi connectivity index (χ3n) is 3.22. The van der Waals surface area contributed by atoms with Gasteiger partial charge < -0.3 is 15.1 Å². The molecule has 22 heavy (non-hydrogen) atoms. The number of amides is 2. The van der Waals surface area contributed by atoms with Crippen molar-refractivity contribution in [1.82, 2.24) is 15.1 Å². The van der Waals surface area contributed by atoms with Crippen LogP contribution in [-0.4, -0.2) is 61.9 Å². The van der Waals surface area contributed by atoms with E-state index in [-0.39, 0.29) is 11.8 Å². The van der Waals surface area contributed by atoms with Crippen molar-refractivity contribution in [1.29, 1.82) is 0 Å². The van der Waals surface area contributed by atoms with Crippen LogP contribution in [0.3, 0.4) is 0 Å². The molecule has 1 rings (SSSR count). The molecule has 0 radical (unpaired) electrons. The topological polar surface area (TPSA) is 52.7 Å². The zero-order valence-electron chi connectivity index (χ0n) is 13.4. The van der Waals surface area contributed by atoms with E-state index >= 15 is 0 Å². The number of hydrogen-bond donors (Lipinski definition) is 1. The largest absolute Gasteiger partial charge is 0.354 e. The molecule has 0 aliphatic rings. The Morgan fingerprint density at radius 2 is 1.91 bits per heavy atom. The lowest BCUT2D eigenvalue weighted by molar-refractivity contribution is -0.129. The number of carbonyl (C=O) groups is 2. The zero-order chi connectivity index (χ0) is 16.5. The highest BCUT2D eigenvalue weighted by atomic mass is 79.9. The smallest absolute Gasteiger partial charge is 0.224 e. The van der Waals surface area contributed by atoms with Crippen LogP contribution in [-0.2, 0) is 16.0 Å². The van der Waals surface area contributed by atoms with Crippen LogP contribution >= 0.6 is 15.9 Å². The molecular formula is C16H24BrN3O2. The fraction of sp³-hybridized carbons (Fsp3) is 0.500. The summed E-state index contributed by atoms with van der Waals surface area (Å²) in [5.74, 6) is -0.00250. The van der Waals surface area contributed by atoms with E-state index in [1.165, 1.54) is 0 Å². The molecule has 6 heteroatoms. The highest BCUT2D eigenvalue weighted by Crippen LogP contribution is 2.11. The molecular weight excluding hydrogens is 346 g/mol. The van der Waals surface area contributed by atoms with Gasteiger partial charge in [-0.05, 0) is 31.8 Å². The maximum atomic E-state index is 11.9. The Kier molecular flexibility index (Phi) is 8.12. The van der Waals surface area contributed by atoms with E-state index in [0.29, 0.717) is 26.1 Å². The van der Waals surface area contributed by atoms with Crippen molar-refractivity contribution in [3.63, 3.8) is 0 Å². The number of rotatable bonds is 8. The van der Waals surface area contributed by atoms with Crippen LogP contribution in [0.4, 0.5) is 0 Å². The highest BCUT2D eigenvalue weighted by Gasteiger charge is 2.09. The molecule has 0 atom stereocenters. The summed E-state index contributed by atoms with van der Waals surface area (Å²) in [6.07, 6.45) is 0.344. The molecule has 0 saturated heterocycles. The minimum absolute atomic E-state index is 0.0306. The molecule has 1 N–H and O–H groups in total. The lowest BCUT2D eigenvalue weighted by Crippen LogP contribution is -2.41. The van der Waals surface area contributed by atoms with E-state index in [1.54, 1.807) is 11.8 Å².